The number of fused-ring (bicyclic) bond motifs is 3. The van der Waals surface area contributed by atoms with Crippen LogP contribution in [0.1, 0.15) is 86.5 Å². The Morgan fingerprint density at radius 2 is 1.95 bits per heavy atom. The fourth-order valence-electron chi connectivity index (χ4n) is 7.20. The van der Waals surface area contributed by atoms with E-state index < -0.39 is 11.2 Å². The summed E-state index contributed by atoms with van der Waals surface area (Å²) in [4.78, 5) is 7.72. The Kier molecular flexibility index (Phi) is 6.39. The predicted molar refractivity (Wildman–Crippen MR) is 147 cm³/mol. The van der Waals surface area contributed by atoms with Gasteiger partial charge < -0.3 is 24.5 Å². The lowest BCUT2D eigenvalue weighted by molar-refractivity contribution is -0.205. The third-order valence-corrected chi connectivity index (χ3v) is 9.44. The van der Waals surface area contributed by atoms with Crippen molar-refractivity contribution in [3.8, 4) is 5.75 Å². The monoisotopic (exact) mass is 527 g/mol. The van der Waals surface area contributed by atoms with Crippen LogP contribution < -0.4 is 4.74 Å². The van der Waals surface area contributed by atoms with Crippen molar-refractivity contribution in [1.82, 2.24) is 15.1 Å². The van der Waals surface area contributed by atoms with E-state index in [9.17, 15) is 10.2 Å². The molecule has 2 aromatic carbocycles. The summed E-state index contributed by atoms with van der Waals surface area (Å²) >= 11 is 0. The Morgan fingerprint density at radius 1 is 1.13 bits per heavy atom. The summed E-state index contributed by atoms with van der Waals surface area (Å²) in [5.41, 5.74) is 1.59. The fraction of sp³-hybridized carbons (Fsp3) is 0.438. The number of nitrogens with one attached hydrogen (secondary N) is 1. The molecule has 1 saturated carbocycles. The molecule has 2 aliphatic carbocycles. The van der Waals surface area contributed by atoms with Gasteiger partial charge in [0.2, 0.25) is 11.7 Å². The molecule has 0 amide bonds. The van der Waals surface area contributed by atoms with Gasteiger partial charge in [0.1, 0.15) is 11.4 Å². The molecule has 4 aromatic rings. The van der Waals surface area contributed by atoms with Crippen molar-refractivity contribution in [3.63, 3.8) is 0 Å². The van der Waals surface area contributed by atoms with Gasteiger partial charge in [0.05, 0.1) is 11.5 Å². The number of nitrogens with zero attached hydrogens (tertiary/aromatic N) is 2. The third-order valence-electron chi connectivity index (χ3n) is 9.44. The molecule has 0 aliphatic heterocycles. The quantitative estimate of drug-likeness (QED) is 0.282. The summed E-state index contributed by atoms with van der Waals surface area (Å²) in [6.07, 6.45) is 5.69. The Labute approximate surface area is 229 Å². The van der Waals surface area contributed by atoms with Crippen molar-refractivity contribution < 1.29 is 19.5 Å². The number of aliphatic hydroxyl groups is 2. The number of aromatic amines is 1. The topological polar surface area (TPSA) is 104 Å². The van der Waals surface area contributed by atoms with Gasteiger partial charge in [0.15, 0.2) is 6.61 Å². The molecule has 2 aromatic heterocycles. The van der Waals surface area contributed by atoms with Gasteiger partial charge in [-0.2, -0.15) is 4.98 Å². The Bertz CT molecular complexity index is 1430. The molecule has 204 valence electrons. The minimum Gasteiger partial charge on any atom is -0.485 e. The van der Waals surface area contributed by atoms with Crippen molar-refractivity contribution in [2.45, 2.75) is 82.0 Å². The molecule has 7 heteroatoms. The average Bonchev–Trinajstić information content (AvgIpc) is 3.65. The van der Waals surface area contributed by atoms with Gasteiger partial charge in [-0.25, -0.2) is 0 Å². The normalized spacial score (nSPS) is 28.9. The second kappa shape index (κ2) is 9.65. The molecule has 2 heterocycles. The average molecular weight is 528 g/mol. The Morgan fingerprint density at radius 3 is 2.69 bits per heavy atom. The molecule has 0 radical (unpaired) electrons. The molecule has 39 heavy (non-hydrogen) atoms. The van der Waals surface area contributed by atoms with Crippen LogP contribution in [0.25, 0.3) is 0 Å². The minimum atomic E-state index is -1.28. The van der Waals surface area contributed by atoms with Crippen molar-refractivity contribution >= 4 is 0 Å². The lowest BCUT2D eigenvalue weighted by Crippen LogP contribution is -2.62. The van der Waals surface area contributed by atoms with E-state index >= 15 is 0 Å². The van der Waals surface area contributed by atoms with Gasteiger partial charge in [-0.1, -0.05) is 48.5 Å². The number of H-pyrrole nitrogens is 1. The van der Waals surface area contributed by atoms with Crippen LogP contribution in [0.5, 0.6) is 5.75 Å². The van der Waals surface area contributed by atoms with Gasteiger partial charge >= 0.3 is 0 Å². The maximum Gasteiger partial charge on any atom is 0.235 e. The number of hydrogen-bond acceptors (Lipinski definition) is 6. The zero-order chi connectivity index (χ0) is 27.3. The highest BCUT2D eigenvalue weighted by Gasteiger charge is 2.60. The maximum atomic E-state index is 11.9. The number of hydrogen-bond donors (Lipinski definition) is 3. The van der Waals surface area contributed by atoms with Gasteiger partial charge in [0, 0.05) is 17.3 Å². The molecule has 1 unspecified atom stereocenters. The van der Waals surface area contributed by atoms with E-state index in [1.54, 1.807) is 6.92 Å². The van der Waals surface area contributed by atoms with E-state index in [0.717, 1.165) is 36.3 Å². The van der Waals surface area contributed by atoms with Crippen molar-refractivity contribution in [1.29, 1.82) is 0 Å². The Hall–Kier alpha value is -3.42. The van der Waals surface area contributed by atoms with Crippen LogP contribution in [0.15, 0.2) is 71.4 Å². The van der Waals surface area contributed by atoms with E-state index in [4.69, 9.17) is 9.26 Å². The molecule has 6 rings (SSSR count). The van der Waals surface area contributed by atoms with Crippen LogP contribution in [0.3, 0.4) is 0 Å². The van der Waals surface area contributed by atoms with Crippen LogP contribution >= 0.6 is 0 Å². The van der Waals surface area contributed by atoms with E-state index in [-0.39, 0.29) is 23.9 Å². The summed E-state index contributed by atoms with van der Waals surface area (Å²) in [7, 11) is 0. The largest absolute Gasteiger partial charge is 0.485 e. The SMILES string of the molecule is CC[C@@]12C[C@@](C)(O)[C@](O)(c3ccccc3)C[C@H]1CCc1cc(OCc3noc(C(C)c4ccc[nH]4)n3)ccc12. The first-order valence-electron chi connectivity index (χ1n) is 14.0. The number of benzene rings is 2. The van der Waals surface area contributed by atoms with E-state index in [0.29, 0.717) is 24.6 Å². The highest BCUT2D eigenvalue weighted by molar-refractivity contribution is 5.45. The van der Waals surface area contributed by atoms with Crippen LogP contribution in [0.2, 0.25) is 0 Å². The van der Waals surface area contributed by atoms with Crippen LogP contribution in [-0.2, 0) is 24.0 Å². The highest BCUT2D eigenvalue weighted by Crippen LogP contribution is 2.60. The van der Waals surface area contributed by atoms with E-state index in [2.05, 4.69) is 34.2 Å². The summed E-state index contributed by atoms with van der Waals surface area (Å²) < 4.78 is 11.6. The standard InChI is InChI=1S/C32H37N3O4/c1-4-31-20-30(3,36)32(37,23-9-6-5-7-10-23)18-24(31)13-12-22-17-25(14-15-26(22)31)38-19-28-34-29(39-35-28)21(2)27-11-8-16-33-27/h5-11,14-17,21,24,33,36-37H,4,12-13,18-20H2,1-3H3/t21?,24-,30-,31-,32-/m1/s1. The first-order chi connectivity index (χ1) is 18.8. The predicted octanol–water partition coefficient (Wildman–Crippen LogP) is 5.77. The number of aromatic nitrogens is 3. The lowest BCUT2D eigenvalue weighted by Gasteiger charge is -2.59. The fourth-order valence-corrected chi connectivity index (χ4v) is 7.20. The summed E-state index contributed by atoms with van der Waals surface area (Å²) in [5, 5.41) is 27.8. The third kappa shape index (κ3) is 4.28. The number of rotatable bonds is 7. The molecule has 0 spiro atoms. The zero-order valence-electron chi connectivity index (χ0n) is 22.9. The Balaban J connectivity index is 1.21. The molecule has 2 aliphatic rings. The summed E-state index contributed by atoms with van der Waals surface area (Å²) in [6, 6.07) is 19.9. The first-order valence-corrected chi connectivity index (χ1v) is 14.0. The second-order valence-electron chi connectivity index (χ2n) is 11.6. The van der Waals surface area contributed by atoms with Crippen molar-refractivity contribution in [3.05, 3.63) is 101 Å². The van der Waals surface area contributed by atoms with Gasteiger partial charge in [-0.3, -0.25) is 0 Å². The van der Waals surface area contributed by atoms with Crippen LogP contribution in [0, 0.1) is 5.92 Å². The molecule has 5 atom stereocenters. The summed E-state index contributed by atoms with van der Waals surface area (Å²) in [6.45, 7) is 6.25. The van der Waals surface area contributed by atoms with Crippen molar-refractivity contribution in [2.24, 2.45) is 5.92 Å². The molecule has 7 nitrogen and oxygen atoms in total. The molecule has 3 N–H and O–H groups in total. The molecule has 1 fully saturated rings. The van der Waals surface area contributed by atoms with Crippen LogP contribution in [-0.4, -0.2) is 30.9 Å². The van der Waals surface area contributed by atoms with Gasteiger partial charge in [-0.05, 0) is 92.8 Å². The minimum absolute atomic E-state index is 0.0181. The van der Waals surface area contributed by atoms with Crippen LogP contribution in [0.4, 0.5) is 0 Å². The molecule has 0 bridgehead atoms. The van der Waals surface area contributed by atoms with Gasteiger partial charge in [0.25, 0.3) is 0 Å². The second-order valence-corrected chi connectivity index (χ2v) is 11.6. The smallest absolute Gasteiger partial charge is 0.235 e. The lowest BCUT2D eigenvalue weighted by atomic mass is 9.49. The maximum absolute atomic E-state index is 11.9. The number of ether oxygens (including phenoxy) is 1. The summed E-state index contributed by atoms with van der Waals surface area (Å²) in [5.74, 6) is 2.08. The first kappa shape index (κ1) is 25.8. The van der Waals surface area contributed by atoms with Crippen molar-refractivity contribution in [2.75, 3.05) is 0 Å². The van der Waals surface area contributed by atoms with E-state index in [1.165, 1.54) is 11.1 Å². The molecular formula is C32H37N3O4. The van der Waals surface area contributed by atoms with E-state index in [1.807, 2.05) is 61.7 Å². The van der Waals surface area contributed by atoms with Gasteiger partial charge in [-0.15, -0.1) is 0 Å². The zero-order valence-corrected chi connectivity index (χ0v) is 22.9. The molecular weight excluding hydrogens is 490 g/mol. The highest BCUT2D eigenvalue weighted by atomic mass is 16.5. The number of aryl methyl sites for hydroxylation is 1. The molecule has 0 saturated heterocycles.